The second-order valence-electron chi connectivity index (χ2n) is 2.66. The molecule has 0 amide bonds. The smallest absolute Gasteiger partial charge is 0.253 e. The lowest BCUT2D eigenvalue weighted by molar-refractivity contribution is -0.140. The molecule has 8 heteroatoms. The summed E-state index contributed by atoms with van der Waals surface area (Å²) in [7, 11) is 0. The van der Waals surface area contributed by atoms with Gasteiger partial charge in [-0.25, -0.2) is 8.78 Å². The number of hydrogen-bond acceptors (Lipinski definition) is 2. The predicted octanol–water partition coefficient (Wildman–Crippen LogP) is 3.51. The van der Waals surface area contributed by atoms with Gasteiger partial charge in [0.2, 0.25) is 0 Å². The number of nitrogens with zero attached hydrogens (tertiary/aromatic N) is 2. The van der Waals surface area contributed by atoms with Crippen molar-refractivity contribution in [3.63, 3.8) is 0 Å². The van der Waals surface area contributed by atoms with E-state index in [1.165, 1.54) is 28.7 Å². The number of pyridine rings is 1. The quantitative estimate of drug-likeness (QED) is 0.575. The molecule has 0 aromatic carbocycles. The number of aromatic nitrogens is 1. The SMILES string of the molecule is N#Cc1cnc(C(F)F)c(C(F)(F)F)c1I. The van der Waals surface area contributed by atoms with E-state index in [1.807, 2.05) is 0 Å². The van der Waals surface area contributed by atoms with Crippen molar-refractivity contribution >= 4 is 22.6 Å². The summed E-state index contributed by atoms with van der Waals surface area (Å²) in [6.07, 6.45) is -7.58. The van der Waals surface area contributed by atoms with Crippen LogP contribution in [0.2, 0.25) is 0 Å². The molecule has 16 heavy (non-hydrogen) atoms. The van der Waals surface area contributed by atoms with E-state index in [9.17, 15) is 22.0 Å². The maximum absolute atomic E-state index is 12.5. The molecule has 0 radical (unpaired) electrons. The molecule has 0 aliphatic carbocycles. The van der Waals surface area contributed by atoms with Crippen LogP contribution in [0.1, 0.15) is 23.2 Å². The van der Waals surface area contributed by atoms with Crippen molar-refractivity contribution in [2.24, 2.45) is 0 Å². The monoisotopic (exact) mass is 348 g/mol. The normalized spacial score (nSPS) is 11.6. The first kappa shape index (κ1) is 13.1. The van der Waals surface area contributed by atoms with Crippen LogP contribution in [0.5, 0.6) is 0 Å². The van der Waals surface area contributed by atoms with Crippen LogP contribution in [-0.4, -0.2) is 4.98 Å². The first-order chi connectivity index (χ1) is 7.29. The van der Waals surface area contributed by atoms with E-state index in [0.717, 1.165) is 0 Å². The first-order valence-corrected chi connectivity index (χ1v) is 4.80. The van der Waals surface area contributed by atoms with Gasteiger partial charge >= 0.3 is 6.18 Å². The van der Waals surface area contributed by atoms with E-state index in [1.54, 1.807) is 0 Å². The number of rotatable bonds is 1. The molecule has 1 aromatic rings. The van der Waals surface area contributed by atoms with E-state index >= 15 is 0 Å². The Kier molecular flexibility index (Phi) is 3.67. The van der Waals surface area contributed by atoms with Crippen molar-refractivity contribution in [2.75, 3.05) is 0 Å². The Hall–Kier alpha value is -0.980. The van der Waals surface area contributed by atoms with Crippen LogP contribution in [0.4, 0.5) is 22.0 Å². The fraction of sp³-hybridized carbons (Fsp3) is 0.250. The lowest BCUT2D eigenvalue weighted by Gasteiger charge is -2.13. The number of nitriles is 1. The maximum Gasteiger partial charge on any atom is 0.419 e. The highest BCUT2D eigenvalue weighted by Crippen LogP contribution is 2.38. The summed E-state index contributed by atoms with van der Waals surface area (Å²) in [5, 5.41) is 8.49. The Morgan fingerprint density at radius 3 is 2.31 bits per heavy atom. The van der Waals surface area contributed by atoms with Gasteiger partial charge in [-0.1, -0.05) is 0 Å². The lowest BCUT2D eigenvalue weighted by Crippen LogP contribution is -2.15. The minimum Gasteiger partial charge on any atom is -0.253 e. The average molecular weight is 348 g/mol. The molecular formula is C8H2F5IN2. The van der Waals surface area contributed by atoms with Crippen molar-refractivity contribution < 1.29 is 22.0 Å². The second kappa shape index (κ2) is 4.48. The van der Waals surface area contributed by atoms with Crippen LogP contribution in [0, 0.1) is 14.9 Å². The third-order valence-electron chi connectivity index (χ3n) is 1.66. The van der Waals surface area contributed by atoms with Crippen molar-refractivity contribution in [3.05, 3.63) is 26.6 Å². The van der Waals surface area contributed by atoms with Crippen molar-refractivity contribution in [2.45, 2.75) is 12.6 Å². The second-order valence-corrected chi connectivity index (χ2v) is 3.74. The van der Waals surface area contributed by atoms with Crippen molar-refractivity contribution in [3.8, 4) is 6.07 Å². The summed E-state index contributed by atoms with van der Waals surface area (Å²) in [5.41, 5.74) is -3.27. The molecule has 1 heterocycles. The van der Waals surface area contributed by atoms with E-state index < -0.39 is 27.4 Å². The van der Waals surface area contributed by atoms with Gasteiger partial charge in [-0.15, -0.1) is 0 Å². The van der Waals surface area contributed by atoms with Gasteiger partial charge in [-0.2, -0.15) is 18.4 Å². The topological polar surface area (TPSA) is 36.7 Å². The molecule has 0 N–H and O–H groups in total. The molecular weight excluding hydrogens is 346 g/mol. The zero-order valence-corrected chi connectivity index (χ0v) is 9.47. The molecule has 0 atom stereocenters. The molecule has 0 bridgehead atoms. The standard InChI is InChI=1S/C8H2F5IN2/c9-7(10)6-4(8(11,12)13)5(14)3(1-15)2-16-6/h2,7H. The van der Waals surface area contributed by atoms with Crippen molar-refractivity contribution in [1.82, 2.24) is 4.98 Å². The minimum absolute atomic E-state index is 0.377. The van der Waals surface area contributed by atoms with Crippen LogP contribution >= 0.6 is 22.6 Å². The maximum atomic E-state index is 12.5. The Balaban J connectivity index is 3.58. The van der Waals surface area contributed by atoms with Gasteiger partial charge in [0.25, 0.3) is 6.43 Å². The fourth-order valence-electron chi connectivity index (χ4n) is 1.02. The first-order valence-electron chi connectivity index (χ1n) is 3.73. The summed E-state index contributed by atoms with van der Waals surface area (Å²) in [6, 6.07) is 1.46. The largest absolute Gasteiger partial charge is 0.419 e. The number of alkyl halides is 5. The van der Waals surface area contributed by atoms with Crippen LogP contribution < -0.4 is 0 Å². The lowest BCUT2D eigenvalue weighted by atomic mass is 10.1. The van der Waals surface area contributed by atoms with E-state index in [-0.39, 0.29) is 5.56 Å². The van der Waals surface area contributed by atoms with E-state index in [2.05, 4.69) is 4.98 Å². The molecule has 1 rings (SSSR count). The number of halogens is 6. The number of hydrogen-bond donors (Lipinski definition) is 0. The molecule has 86 valence electrons. The Morgan fingerprint density at radius 1 is 1.38 bits per heavy atom. The summed E-state index contributed by atoms with van der Waals surface area (Å²) in [5.74, 6) is 0. The molecule has 0 unspecified atom stereocenters. The van der Waals surface area contributed by atoms with Crippen LogP contribution in [0.25, 0.3) is 0 Å². The van der Waals surface area contributed by atoms with Gasteiger partial charge in [-0.05, 0) is 22.6 Å². The average Bonchev–Trinajstić information content (AvgIpc) is 2.14. The van der Waals surface area contributed by atoms with Crippen LogP contribution in [0.3, 0.4) is 0 Å². The van der Waals surface area contributed by atoms with Gasteiger partial charge < -0.3 is 0 Å². The summed E-state index contributed by atoms with van der Waals surface area (Å²) >= 11 is 1.21. The molecule has 0 fully saturated rings. The van der Waals surface area contributed by atoms with Gasteiger partial charge in [0, 0.05) is 9.77 Å². The van der Waals surface area contributed by atoms with Gasteiger partial charge in [0.15, 0.2) is 0 Å². The summed E-state index contributed by atoms with van der Waals surface area (Å²) < 4.78 is 61.6. The van der Waals surface area contributed by atoms with Gasteiger partial charge in [0.05, 0.1) is 11.1 Å². The Labute approximate surface area is 100 Å². The molecule has 0 saturated carbocycles. The minimum atomic E-state index is -4.96. The zero-order valence-electron chi connectivity index (χ0n) is 7.32. The summed E-state index contributed by atoms with van der Waals surface area (Å²) in [6.45, 7) is 0. The predicted molar refractivity (Wildman–Crippen MR) is 51.6 cm³/mol. The van der Waals surface area contributed by atoms with E-state index in [0.29, 0.717) is 6.20 Å². The van der Waals surface area contributed by atoms with E-state index in [4.69, 9.17) is 5.26 Å². The Bertz CT molecular complexity index is 449. The van der Waals surface area contributed by atoms with Gasteiger partial charge in [-0.3, -0.25) is 4.98 Å². The third-order valence-corrected chi connectivity index (χ3v) is 2.78. The molecule has 1 aromatic heterocycles. The fourth-order valence-corrected chi connectivity index (χ4v) is 1.86. The highest BCUT2D eigenvalue weighted by Gasteiger charge is 2.39. The van der Waals surface area contributed by atoms with Crippen LogP contribution in [0.15, 0.2) is 6.20 Å². The molecule has 0 aliphatic heterocycles. The molecule has 2 nitrogen and oxygen atoms in total. The molecule has 0 saturated heterocycles. The highest BCUT2D eigenvalue weighted by atomic mass is 127. The summed E-state index contributed by atoms with van der Waals surface area (Å²) in [4.78, 5) is 2.98. The zero-order chi connectivity index (χ0) is 12.5. The highest BCUT2D eigenvalue weighted by molar-refractivity contribution is 14.1. The molecule has 0 aliphatic rings. The van der Waals surface area contributed by atoms with Crippen LogP contribution in [-0.2, 0) is 6.18 Å². The molecule has 0 spiro atoms. The Morgan fingerprint density at radius 2 is 1.94 bits per heavy atom. The van der Waals surface area contributed by atoms with Gasteiger partial charge in [0.1, 0.15) is 11.8 Å². The van der Waals surface area contributed by atoms with Crippen molar-refractivity contribution in [1.29, 1.82) is 5.26 Å². The third kappa shape index (κ3) is 2.40.